The molecule has 1 amide bonds. The van der Waals surface area contributed by atoms with Crippen LogP contribution < -0.4 is 5.32 Å². The van der Waals surface area contributed by atoms with Crippen LogP contribution in [0.5, 0.6) is 0 Å². The normalized spacial score (nSPS) is 12.1. The highest BCUT2D eigenvalue weighted by atomic mass is 16.6. The zero-order valence-corrected chi connectivity index (χ0v) is 15.4. The van der Waals surface area contributed by atoms with Gasteiger partial charge in [-0.05, 0) is 12.0 Å². The first-order chi connectivity index (χ1) is 12.2. The first-order valence-corrected chi connectivity index (χ1v) is 8.33. The fourth-order valence-electron chi connectivity index (χ4n) is 1.94. The first-order valence-electron chi connectivity index (χ1n) is 8.33. The molecule has 8 nitrogen and oxygen atoms in total. The highest BCUT2D eigenvalue weighted by molar-refractivity contribution is 5.82. The van der Waals surface area contributed by atoms with Crippen LogP contribution >= 0.6 is 0 Å². The summed E-state index contributed by atoms with van der Waals surface area (Å²) in [6, 6.07) is 8.01. The second-order valence-electron chi connectivity index (χ2n) is 6.87. The summed E-state index contributed by atoms with van der Waals surface area (Å²) < 4.78 is 10.8. The molecule has 1 aromatic carbocycles. The second-order valence-corrected chi connectivity index (χ2v) is 6.87. The Morgan fingerprint density at radius 2 is 1.77 bits per heavy atom. The maximum absolute atomic E-state index is 12.2. The molecule has 0 saturated heterocycles. The van der Waals surface area contributed by atoms with Crippen molar-refractivity contribution < 1.29 is 33.4 Å². The van der Waals surface area contributed by atoms with Gasteiger partial charge in [0.15, 0.2) is 0 Å². The van der Waals surface area contributed by atoms with E-state index in [0.717, 1.165) is 5.56 Å². The molecule has 0 aromatic heterocycles. The molecular weight excluding hydrogens is 340 g/mol. The summed E-state index contributed by atoms with van der Waals surface area (Å²) in [5.41, 5.74) is 0.801. The van der Waals surface area contributed by atoms with Gasteiger partial charge in [0, 0.05) is 6.42 Å². The van der Waals surface area contributed by atoms with E-state index in [1.165, 1.54) is 0 Å². The van der Waals surface area contributed by atoms with E-state index in [-0.39, 0.29) is 26.1 Å². The summed E-state index contributed by atoms with van der Waals surface area (Å²) in [5, 5.41) is 11.2. The van der Waals surface area contributed by atoms with Gasteiger partial charge in [0.25, 0.3) is 0 Å². The molecule has 0 spiro atoms. The minimum atomic E-state index is -1.07. The van der Waals surface area contributed by atoms with Gasteiger partial charge in [0.1, 0.15) is 25.8 Å². The number of carboxylic acids is 1. The number of nitrogens with one attached hydrogen (secondary N) is 1. The fraction of sp³-hybridized carbons (Fsp3) is 0.500. The third kappa shape index (κ3) is 9.63. The van der Waals surface area contributed by atoms with E-state index in [0.29, 0.717) is 11.0 Å². The summed E-state index contributed by atoms with van der Waals surface area (Å²) in [6.07, 6.45) is -1.14. The maximum Gasteiger partial charge on any atom is 0.408 e. The standard InChI is InChI=1S/C18H26N2O6/c1-20(2,3)11-12-25-17(23)15(9-10-16(21)22)19-18(24)26-13-14-7-5-4-6-8-14/h4-8,15H,9-13H2,1-3H3,(H-,19,21,22,24)/p+1/t15-/m0/s1. The van der Waals surface area contributed by atoms with E-state index < -0.39 is 24.1 Å². The topological polar surface area (TPSA) is 102 Å². The number of benzene rings is 1. The molecule has 0 radical (unpaired) electrons. The average molecular weight is 367 g/mol. The molecule has 0 aliphatic heterocycles. The number of alkyl carbamates (subject to hydrolysis) is 1. The molecule has 0 fully saturated rings. The van der Waals surface area contributed by atoms with Crippen LogP contribution in [0.4, 0.5) is 4.79 Å². The molecule has 144 valence electrons. The van der Waals surface area contributed by atoms with Crippen molar-refractivity contribution in [3.8, 4) is 0 Å². The lowest BCUT2D eigenvalue weighted by atomic mass is 10.1. The number of carboxylic acid groups (broad SMARTS) is 1. The number of hydrogen-bond acceptors (Lipinski definition) is 5. The van der Waals surface area contributed by atoms with Crippen LogP contribution in [0.2, 0.25) is 0 Å². The Labute approximate surface area is 153 Å². The smallest absolute Gasteiger partial charge is 0.408 e. The van der Waals surface area contributed by atoms with Gasteiger partial charge in [-0.2, -0.15) is 0 Å². The van der Waals surface area contributed by atoms with Crippen LogP contribution in [0.3, 0.4) is 0 Å². The number of quaternary nitrogens is 1. The van der Waals surface area contributed by atoms with Crippen LogP contribution in [-0.4, -0.2) is 68.0 Å². The second kappa shape index (κ2) is 10.4. The Hall–Kier alpha value is -2.61. The molecule has 0 aliphatic carbocycles. The van der Waals surface area contributed by atoms with Crippen molar-refractivity contribution in [2.75, 3.05) is 34.3 Å². The molecule has 26 heavy (non-hydrogen) atoms. The number of ether oxygens (including phenoxy) is 2. The third-order valence-electron chi connectivity index (χ3n) is 3.44. The molecular formula is C18H27N2O6+. The molecule has 0 saturated carbocycles. The summed E-state index contributed by atoms with van der Waals surface area (Å²) in [5.74, 6) is -1.73. The molecule has 1 rings (SSSR count). The van der Waals surface area contributed by atoms with Crippen LogP contribution in [0.1, 0.15) is 18.4 Å². The zero-order chi connectivity index (χ0) is 19.6. The molecule has 0 aliphatic rings. The number of amides is 1. The highest BCUT2D eigenvalue weighted by Gasteiger charge is 2.24. The van der Waals surface area contributed by atoms with E-state index in [2.05, 4.69) is 5.32 Å². The van der Waals surface area contributed by atoms with Gasteiger partial charge in [0.05, 0.1) is 21.1 Å². The van der Waals surface area contributed by atoms with Crippen molar-refractivity contribution in [3.63, 3.8) is 0 Å². The third-order valence-corrected chi connectivity index (χ3v) is 3.44. The molecule has 1 aromatic rings. The van der Waals surface area contributed by atoms with E-state index in [9.17, 15) is 14.4 Å². The highest BCUT2D eigenvalue weighted by Crippen LogP contribution is 2.04. The Kier molecular flexibility index (Phi) is 8.57. The monoisotopic (exact) mass is 367 g/mol. The molecule has 0 bridgehead atoms. The largest absolute Gasteiger partial charge is 0.481 e. The van der Waals surface area contributed by atoms with Crippen molar-refractivity contribution in [2.24, 2.45) is 0 Å². The molecule has 1 atom stereocenters. The van der Waals surface area contributed by atoms with Gasteiger partial charge in [-0.15, -0.1) is 0 Å². The van der Waals surface area contributed by atoms with Gasteiger partial charge in [-0.3, -0.25) is 4.79 Å². The summed E-state index contributed by atoms with van der Waals surface area (Å²) >= 11 is 0. The summed E-state index contributed by atoms with van der Waals surface area (Å²) in [4.78, 5) is 34.8. The van der Waals surface area contributed by atoms with Crippen LogP contribution in [0, 0.1) is 0 Å². The van der Waals surface area contributed by atoms with Gasteiger partial charge in [0.2, 0.25) is 0 Å². The minimum absolute atomic E-state index is 0.0505. The van der Waals surface area contributed by atoms with Crippen molar-refractivity contribution in [2.45, 2.75) is 25.5 Å². The van der Waals surface area contributed by atoms with Gasteiger partial charge in [-0.25, -0.2) is 9.59 Å². The van der Waals surface area contributed by atoms with E-state index in [4.69, 9.17) is 14.6 Å². The summed E-state index contributed by atoms with van der Waals surface area (Å²) in [7, 11) is 5.86. The van der Waals surface area contributed by atoms with Crippen LogP contribution in [-0.2, 0) is 25.7 Å². The maximum atomic E-state index is 12.2. The number of nitrogens with zero attached hydrogens (tertiary/aromatic N) is 1. The number of esters is 1. The van der Waals surface area contributed by atoms with Crippen molar-refractivity contribution in [3.05, 3.63) is 35.9 Å². The van der Waals surface area contributed by atoms with E-state index in [1.54, 1.807) is 12.1 Å². The Morgan fingerprint density at radius 1 is 1.12 bits per heavy atom. The molecule has 2 N–H and O–H groups in total. The number of rotatable bonds is 10. The molecule has 8 heteroatoms. The lowest BCUT2D eigenvalue weighted by Crippen LogP contribution is -2.44. The molecule has 0 unspecified atom stereocenters. The average Bonchev–Trinajstić information content (AvgIpc) is 2.56. The lowest BCUT2D eigenvalue weighted by molar-refractivity contribution is -0.870. The number of likely N-dealkylation sites (N-methyl/N-ethyl adjacent to an activating group) is 1. The van der Waals surface area contributed by atoms with Crippen molar-refractivity contribution >= 4 is 18.0 Å². The number of carbonyl (C=O) groups is 3. The predicted octanol–water partition coefficient (Wildman–Crippen LogP) is 1.40. The zero-order valence-electron chi connectivity index (χ0n) is 15.4. The van der Waals surface area contributed by atoms with E-state index >= 15 is 0 Å². The van der Waals surface area contributed by atoms with Gasteiger partial charge >= 0.3 is 18.0 Å². The Morgan fingerprint density at radius 3 is 2.35 bits per heavy atom. The number of carbonyl (C=O) groups excluding carboxylic acids is 2. The van der Waals surface area contributed by atoms with Gasteiger partial charge < -0.3 is 24.4 Å². The quantitative estimate of drug-likeness (QED) is 0.479. The van der Waals surface area contributed by atoms with Gasteiger partial charge in [-0.1, -0.05) is 30.3 Å². The van der Waals surface area contributed by atoms with Crippen LogP contribution in [0.15, 0.2) is 30.3 Å². The number of hydrogen-bond donors (Lipinski definition) is 2. The molecule has 0 heterocycles. The van der Waals surface area contributed by atoms with Crippen molar-refractivity contribution in [1.29, 1.82) is 0 Å². The predicted molar refractivity (Wildman–Crippen MR) is 94.3 cm³/mol. The summed E-state index contributed by atoms with van der Waals surface area (Å²) in [6.45, 7) is 0.817. The lowest BCUT2D eigenvalue weighted by Gasteiger charge is -2.24. The fourth-order valence-corrected chi connectivity index (χ4v) is 1.94. The minimum Gasteiger partial charge on any atom is -0.481 e. The van der Waals surface area contributed by atoms with Crippen molar-refractivity contribution in [1.82, 2.24) is 5.32 Å². The SMILES string of the molecule is C[N+](C)(C)CCOC(=O)[C@H](CCC(=O)O)NC(=O)OCc1ccccc1. The van der Waals surface area contributed by atoms with E-state index in [1.807, 2.05) is 39.3 Å². The number of aliphatic carboxylic acids is 1. The van der Waals surface area contributed by atoms with Crippen LogP contribution in [0.25, 0.3) is 0 Å². The Balaban J connectivity index is 2.53. The first kappa shape index (κ1) is 21.4. The Bertz CT molecular complexity index is 597.